The maximum absolute atomic E-state index is 6.04. The molecule has 0 saturated heterocycles. The number of fused-ring (bicyclic) bond motifs is 1. The van der Waals surface area contributed by atoms with Gasteiger partial charge < -0.3 is 10.3 Å². The summed E-state index contributed by atoms with van der Waals surface area (Å²) in [7, 11) is 0. The number of rotatable bonds is 5. The summed E-state index contributed by atoms with van der Waals surface area (Å²) >= 11 is 12.0. The third-order valence-electron chi connectivity index (χ3n) is 3.06. The van der Waals surface area contributed by atoms with Gasteiger partial charge in [-0.2, -0.15) is 0 Å². The van der Waals surface area contributed by atoms with E-state index in [0.29, 0.717) is 16.0 Å². The first-order chi connectivity index (χ1) is 8.63. The Balaban J connectivity index is 2.26. The number of hydrogen-bond donors (Lipinski definition) is 1. The lowest BCUT2D eigenvalue weighted by molar-refractivity contribution is 0.595. The van der Waals surface area contributed by atoms with Crippen molar-refractivity contribution in [2.45, 2.75) is 39.2 Å². The van der Waals surface area contributed by atoms with Crippen molar-refractivity contribution in [1.82, 2.24) is 9.55 Å². The third-order valence-corrected chi connectivity index (χ3v) is 3.78. The molecule has 5 heteroatoms. The van der Waals surface area contributed by atoms with Crippen LogP contribution in [0.3, 0.4) is 0 Å². The maximum Gasteiger partial charge on any atom is 0.201 e. The molecule has 2 N–H and O–H groups in total. The van der Waals surface area contributed by atoms with E-state index in [1.807, 2.05) is 10.6 Å². The number of imidazole rings is 1. The first-order valence-corrected chi connectivity index (χ1v) is 7.00. The Bertz CT molecular complexity index is 549. The summed E-state index contributed by atoms with van der Waals surface area (Å²) in [5.41, 5.74) is 7.69. The molecular formula is C13H17Cl2N3. The lowest BCUT2D eigenvalue weighted by Gasteiger charge is -2.06. The van der Waals surface area contributed by atoms with Crippen LogP contribution in [0.2, 0.25) is 10.0 Å². The molecule has 1 aromatic heterocycles. The van der Waals surface area contributed by atoms with Gasteiger partial charge in [-0.25, -0.2) is 4.98 Å². The number of aromatic nitrogens is 2. The number of nitrogens with two attached hydrogens (primary N) is 1. The molecule has 0 saturated carbocycles. The Morgan fingerprint density at radius 1 is 1.17 bits per heavy atom. The van der Waals surface area contributed by atoms with E-state index >= 15 is 0 Å². The average Bonchev–Trinajstić information content (AvgIpc) is 2.62. The molecule has 3 nitrogen and oxygen atoms in total. The smallest absolute Gasteiger partial charge is 0.201 e. The van der Waals surface area contributed by atoms with Gasteiger partial charge in [-0.15, -0.1) is 0 Å². The van der Waals surface area contributed by atoms with Gasteiger partial charge in [0, 0.05) is 6.54 Å². The predicted octanol–water partition coefficient (Wildman–Crippen LogP) is 4.51. The van der Waals surface area contributed by atoms with E-state index < -0.39 is 0 Å². The van der Waals surface area contributed by atoms with Crippen LogP contribution in [0.1, 0.15) is 32.6 Å². The summed E-state index contributed by atoms with van der Waals surface area (Å²) in [6.45, 7) is 3.07. The Kier molecular flexibility index (Phi) is 4.36. The summed E-state index contributed by atoms with van der Waals surface area (Å²) in [5.74, 6) is 0.528. The topological polar surface area (TPSA) is 43.8 Å². The second-order valence-corrected chi connectivity index (χ2v) is 5.25. The van der Waals surface area contributed by atoms with E-state index in [1.54, 1.807) is 6.07 Å². The van der Waals surface area contributed by atoms with Gasteiger partial charge in [0.25, 0.3) is 0 Å². The Labute approximate surface area is 117 Å². The molecule has 0 radical (unpaired) electrons. The predicted molar refractivity (Wildman–Crippen MR) is 78.3 cm³/mol. The molecular weight excluding hydrogens is 269 g/mol. The fourth-order valence-corrected chi connectivity index (χ4v) is 2.39. The number of benzene rings is 1. The van der Waals surface area contributed by atoms with Crippen LogP contribution in [0.4, 0.5) is 5.95 Å². The molecule has 2 aromatic rings. The van der Waals surface area contributed by atoms with Crippen LogP contribution in [0.15, 0.2) is 12.1 Å². The molecule has 0 atom stereocenters. The molecule has 0 spiro atoms. The first-order valence-electron chi connectivity index (χ1n) is 6.24. The minimum atomic E-state index is 0.514. The van der Waals surface area contributed by atoms with Gasteiger partial charge in [-0.1, -0.05) is 49.4 Å². The Morgan fingerprint density at radius 2 is 1.89 bits per heavy atom. The molecule has 0 amide bonds. The molecule has 0 fully saturated rings. The molecule has 1 aromatic carbocycles. The van der Waals surface area contributed by atoms with Crippen molar-refractivity contribution in [2.24, 2.45) is 0 Å². The van der Waals surface area contributed by atoms with E-state index in [-0.39, 0.29) is 0 Å². The Morgan fingerprint density at radius 3 is 2.61 bits per heavy atom. The number of nitrogens with zero attached hydrogens (tertiary/aromatic N) is 2. The fraction of sp³-hybridized carbons (Fsp3) is 0.462. The van der Waals surface area contributed by atoms with E-state index in [9.17, 15) is 0 Å². The molecule has 0 aliphatic heterocycles. The zero-order valence-corrected chi connectivity index (χ0v) is 11.9. The highest BCUT2D eigenvalue weighted by Gasteiger charge is 2.10. The van der Waals surface area contributed by atoms with Crippen LogP contribution in [0.5, 0.6) is 0 Å². The maximum atomic E-state index is 6.04. The molecule has 0 aliphatic rings. The third kappa shape index (κ3) is 2.73. The van der Waals surface area contributed by atoms with E-state index in [2.05, 4.69) is 11.9 Å². The number of nitrogen functional groups attached to an aromatic ring is 1. The van der Waals surface area contributed by atoms with E-state index in [4.69, 9.17) is 28.9 Å². The quantitative estimate of drug-likeness (QED) is 0.822. The molecule has 0 aliphatic carbocycles. The minimum Gasteiger partial charge on any atom is -0.369 e. The highest BCUT2D eigenvalue weighted by molar-refractivity contribution is 6.42. The van der Waals surface area contributed by atoms with Crippen LogP contribution >= 0.6 is 23.2 Å². The number of hydrogen-bond acceptors (Lipinski definition) is 2. The number of aryl methyl sites for hydroxylation is 1. The standard InChI is InChI=1S/C13H17Cl2N3/c1-2-3-4-5-6-18-12-8-10(15)9(14)7-11(12)17-13(18)16/h7-8H,2-6H2,1H3,(H2,16,17). The van der Waals surface area contributed by atoms with Crippen molar-refractivity contribution in [3.63, 3.8) is 0 Å². The van der Waals surface area contributed by atoms with Crippen molar-refractivity contribution in [1.29, 1.82) is 0 Å². The second-order valence-electron chi connectivity index (χ2n) is 4.44. The SMILES string of the molecule is CCCCCCn1c(N)nc2cc(Cl)c(Cl)cc21. The van der Waals surface area contributed by atoms with Gasteiger partial charge in [-0.3, -0.25) is 0 Å². The highest BCUT2D eigenvalue weighted by atomic mass is 35.5. The monoisotopic (exact) mass is 285 g/mol. The zero-order chi connectivity index (χ0) is 13.1. The number of unbranched alkanes of at least 4 members (excludes halogenated alkanes) is 3. The van der Waals surface area contributed by atoms with Crippen molar-refractivity contribution < 1.29 is 0 Å². The highest BCUT2D eigenvalue weighted by Crippen LogP contribution is 2.29. The van der Waals surface area contributed by atoms with Crippen molar-refractivity contribution in [3.8, 4) is 0 Å². The van der Waals surface area contributed by atoms with Crippen LogP contribution in [0, 0.1) is 0 Å². The largest absolute Gasteiger partial charge is 0.369 e. The van der Waals surface area contributed by atoms with Crippen LogP contribution < -0.4 is 5.73 Å². The van der Waals surface area contributed by atoms with Crippen LogP contribution in [-0.2, 0) is 6.54 Å². The minimum absolute atomic E-state index is 0.514. The van der Waals surface area contributed by atoms with Gasteiger partial charge in [0.05, 0.1) is 21.1 Å². The molecule has 1 heterocycles. The number of anilines is 1. The normalized spacial score (nSPS) is 11.3. The lowest BCUT2D eigenvalue weighted by Crippen LogP contribution is -2.03. The van der Waals surface area contributed by atoms with Gasteiger partial charge in [-0.05, 0) is 18.6 Å². The lowest BCUT2D eigenvalue weighted by atomic mass is 10.2. The first kappa shape index (κ1) is 13.5. The van der Waals surface area contributed by atoms with Gasteiger partial charge in [0.1, 0.15) is 0 Å². The fourth-order valence-electron chi connectivity index (χ4n) is 2.07. The van der Waals surface area contributed by atoms with Crippen molar-refractivity contribution in [3.05, 3.63) is 22.2 Å². The van der Waals surface area contributed by atoms with E-state index in [0.717, 1.165) is 24.0 Å². The van der Waals surface area contributed by atoms with Gasteiger partial charge >= 0.3 is 0 Å². The second kappa shape index (κ2) is 5.81. The van der Waals surface area contributed by atoms with Crippen molar-refractivity contribution >= 4 is 40.2 Å². The summed E-state index contributed by atoms with van der Waals surface area (Å²) < 4.78 is 2.01. The van der Waals surface area contributed by atoms with Crippen LogP contribution in [0.25, 0.3) is 11.0 Å². The van der Waals surface area contributed by atoms with Gasteiger partial charge in [0.2, 0.25) is 5.95 Å². The van der Waals surface area contributed by atoms with Crippen LogP contribution in [-0.4, -0.2) is 9.55 Å². The number of halogens is 2. The summed E-state index contributed by atoms with van der Waals surface area (Å²) in [6.07, 6.45) is 4.78. The molecule has 2 rings (SSSR count). The van der Waals surface area contributed by atoms with Gasteiger partial charge in [0.15, 0.2) is 0 Å². The summed E-state index contributed by atoms with van der Waals surface area (Å²) in [4.78, 5) is 4.31. The molecule has 0 bridgehead atoms. The molecule has 0 unspecified atom stereocenters. The average molecular weight is 286 g/mol. The van der Waals surface area contributed by atoms with E-state index in [1.165, 1.54) is 19.3 Å². The molecule has 18 heavy (non-hydrogen) atoms. The Hall–Kier alpha value is -0.930. The molecule has 98 valence electrons. The summed E-state index contributed by atoms with van der Waals surface area (Å²) in [6, 6.07) is 3.60. The zero-order valence-electron chi connectivity index (χ0n) is 10.4. The van der Waals surface area contributed by atoms with Crippen molar-refractivity contribution in [2.75, 3.05) is 5.73 Å². The summed E-state index contributed by atoms with van der Waals surface area (Å²) in [5, 5.41) is 1.05.